The Morgan fingerprint density at radius 1 is 0.490 bits per heavy atom. The van der Waals surface area contributed by atoms with Crippen molar-refractivity contribution in [2.45, 2.75) is 6.92 Å². The molecule has 0 aliphatic carbocycles. The van der Waals surface area contributed by atoms with Crippen LogP contribution in [0.5, 0.6) is 0 Å². The molecule has 0 amide bonds. The molecule has 0 radical (unpaired) electrons. The maximum absolute atomic E-state index is 4.01. The van der Waals surface area contributed by atoms with E-state index >= 15 is 0 Å². The summed E-state index contributed by atoms with van der Waals surface area (Å²) in [5.74, 6) is 0. The van der Waals surface area contributed by atoms with E-state index in [1.807, 2.05) is 6.08 Å². The van der Waals surface area contributed by atoms with Gasteiger partial charge >= 0.3 is 0 Å². The molecule has 2 heteroatoms. The summed E-state index contributed by atoms with van der Waals surface area (Å²) in [6.45, 7) is 6.07. The largest absolute Gasteiger partial charge is 0.309 e. The van der Waals surface area contributed by atoms with Crippen LogP contribution in [0.4, 0.5) is 0 Å². The second kappa shape index (κ2) is 12.7. The molecule has 51 heavy (non-hydrogen) atoms. The minimum Gasteiger partial charge on any atom is -0.309 e. The molecule has 0 unspecified atom stereocenters. The van der Waals surface area contributed by atoms with Gasteiger partial charge < -0.3 is 9.13 Å². The number of hydrogen-bond donors (Lipinski definition) is 0. The van der Waals surface area contributed by atoms with Crippen molar-refractivity contribution in [2.24, 2.45) is 0 Å². The second-order valence-corrected chi connectivity index (χ2v) is 13.0. The summed E-state index contributed by atoms with van der Waals surface area (Å²) >= 11 is 0. The van der Waals surface area contributed by atoms with Crippen LogP contribution in [0.15, 0.2) is 195 Å². The fourth-order valence-electron chi connectivity index (χ4n) is 7.75. The zero-order valence-corrected chi connectivity index (χ0v) is 28.5. The van der Waals surface area contributed by atoms with E-state index in [1.165, 1.54) is 77.0 Å². The number of rotatable bonds is 7. The summed E-state index contributed by atoms with van der Waals surface area (Å²) < 4.78 is 4.76. The van der Waals surface area contributed by atoms with Gasteiger partial charge in [0, 0.05) is 32.9 Å². The van der Waals surface area contributed by atoms with Gasteiger partial charge in [-0.15, -0.1) is 0 Å². The van der Waals surface area contributed by atoms with Crippen LogP contribution in [0.1, 0.15) is 6.92 Å². The summed E-state index contributed by atoms with van der Waals surface area (Å²) in [4.78, 5) is 0. The van der Waals surface area contributed by atoms with Crippen LogP contribution in [-0.2, 0) is 0 Å². The Kier molecular flexibility index (Phi) is 7.56. The molecule has 0 fully saturated rings. The molecular weight excluding hydrogens is 617 g/mol. The van der Waals surface area contributed by atoms with Gasteiger partial charge in [-0.05, 0) is 101 Å². The smallest absolute Gasteiger partial charge is 0.0547 e. The van der Waals surface area contributed by atoms with E-state index in [9.17, 15) is 0 Å². The first-order valence-electron chi connectivity index (χ1n) is 17.5. The minimum atomic E-state index is 1.08. The van der Waals surface area contributed by atoms with E-state index < -0.39 is 0 Å². The number of benzene rings is 7. The van der Waals surface area contributed by atoms with Crippen LogP contribution >= 0.6 is 0 Å². The average molecular weight is 653 g/mol. The fraction of sp³-hybridized carbons (Fsp3) is 0.0204. The molecule has 0 N–H and O–H groups in total. The highest BCUT2D eigenvalue weighted by atomic mass is 15.0. The van der Waals surface area contributed by atoms with Crippen LogP contribution in [0.2, 0.25) is 0 Å². The lowest BCUT2D eigenvalue weighted by Crippen LogP contribution is -1.94. The molecule has 2 nitrogen and oxygen atoms in total. The van der Waals surface area contributed by atoms with E-state index in [4.69, 9.17) is 0 Å². The first-order valence-corrected chi connectivity index (χ1v) is 17.5. The Balaban J connectivity index is 1.29. The Bertz CT molecular complexity index is 2790. The van der Waals surface area contributed by atoms with Crippen molar-refractivity contribution >= 4 is 49.3 Å². The predicted octanol–water partition coefficient (Wildman–Crippen LogP) is 13.5. The molecule has 0 aliphatic rings. The highest BCUT2D eigenvalue weighted by molar-refractivity contribution is 6.18. The van der Waals surface area contributed by atoms with Crippen molar-refractivity contribution in [2.75, 3.05) is 0 Å². The molecular formula is C49H36N2. The first-order chi connectivity index (χ1) is 25.2. The predicted molar refractivity (Wildman–Crippen MR) is 219 cm³/mol. The van der Waals surface area contributed by atoms with Gasteiger partial charge in [0.05, 0.1) is 22.1 Å². The fourth-order valence-corrected chi connectivity index (χ4v) is 7.75. The van der Waals surface area contributed by atoms with Gasteiger partial charge in [-0.3, -0.25) is 0 Å². The molecule has 0 saturated heterocycles. The minimum absolute atomic E-state index is 1.08. The molecule has 242 valence electrons. The highest BCUT2D eigenvalue weighted by Crippen LogP contribution is 2.42. The molecule has 0 atom stereocenters. The normalized spacial score (nSPS) is 12.1. The number of allylic oxidation sites excluding steroid dienone is 5. The maximum Gasteiger partial charge on any atom is 0.0547 e. The van der Waals surface area contributed by atoms with Gasteiger partial charge in [0.2, 0.25) is 0 Å². The zero-order valence-electron chi connectivity index (χ0n) is 28.5. The van der Waals surface area contributed by atoms with E-state index in [0.717, 1.165) is 11.4 Å². The van der Waals surface area contributed by atoms with Crippen LogP contribution in [-0.4, -0.2) is 9.13 Å². The van der Waals surface area contributed by atoms with Crippen LogP contribution in [0.25, 0.3) is 88.4 Å². The van der Waals surface area contributed by atoms with Gasteiger partial charge in [0.15, 0.2) is 0 Å². The summed E-state index contributed by atoms with van der Waals surface area (Å²) in [6.07, 6.45) is 8.18. The van der Waals surface area contributed by atoms with Crippen LogP contribution < -0.4 is 0 Å². The topological polar surface area (TPSA) is 9.86 Å². The van der Waals surface area contributed by atoms with Gasteiger partial charge in [-0.25, -0.2) is 0 Å². The summed E-state index contributed by atoms with van der Waals surface area (Å²) in [7, 11) is 0. The molecule has 7 aromatic carbocycles. The maximum atomic E-state index is 4.01. The number of aromatic nitrogens is 2. The van der Waals surface area contributed by atoms with Gasteiger partial charge in [0.25, 0.3) is 0 Å². The van der Waals surface area contributed by atoms with Gasteiger partial charge in [-0.2, -0.15) is 0 Å². The molecule has 9 aromatic rings. The Hall–Kier alpha value is -6.64. The number of para-hydroxylation sites is 1. The third kappa shape index (κ3) is 5.12. The van der Waals surface area contributed by atoms with Crippen molar-refractivity contribution < 1.29 is 0 Å². The van der Waals surface area contributed by atoms with E-state index in [0.29, 0.717) is 0 Å². The van der Waals surface area contributed by atoms with Gasteiger partial charge in [0.1, 0.15) is 0 Å². The Morgan fingerprint density at radius 2 is 1.06 bits per heavy atom. The molecule has 0 saturated carbocycles. The summed E-state index contributed by atoms with van der Waals surface area (Å²) in [6, 6.07) is 59.5. The van der Waals surface area contributed by atoms with Crippen LogP contribution in [0, 0.1) is 0 Å². The van der Waals surface area contributed by atoms with Crippen LogP contribution in [0.3, 0.4) is 0 Å². The zero-order chi connectivity index (χ0) is 34.3. The SMILES string of the molecule is C=C/C=C(\C=C/C)n1c2ccccc2c2c(-c3ccc4c(c3)c3cc(-c5ccccc5)ccc3n4-c3ccc(-c4ccccc4)cc3)cccc21. The lowest BCUT2D eigenvalue weighted by atomic mass is 9.97. The number of nitrogens with zero attached hydrogens (tertiary/aromatic N) is 2. The lowest BCUT2D eigenvalue weighted by molar-refractivity contribution is 1.18. The third-order valence-corrected chi connectivity index (χ3v) is 10.00. The second-order valence-electron chi connectivity index (χ2n) is 13.0. The van der Waals surface area contributed by atoms with Crippen molar-refractivity contribution in [3.8, 4) is 39.1 Å². The quantitative estimate of drug-likeness (QED) is 0.152. The van der Waals surface area contributed by atoms with Crippen molar-refractivity contribution in [1.82, 2.24) is 9.13 Å². The first kappa shape index (κ1) is 30.4. The summed E-state index contributed by atoms with van der Waals surface area (Å²) in [5.41, 5.74) is 14.2. The standard InChI is InChI=1S/C49H36N2/c1-3-14-39(15-4-2)51-45-22-12-11-20-42(45)49-41(21-13-23-48(49)51)38-27-31-47-44(33-38)43-32-37(35-18-9-6-10-19-35)26-30-46(43)50(47)40-28-24-36(25-29-40)34-16-7-5-8-17-34/h3-33H,1H2,2H3/b15-4-,39-14+. The Morgan fingerprint density at radius 3 is 1.75 bits per heavy atom. The molecule has 0 bridgehead atoms. The third-order valence-electron chi connectivity index (χ3n) is 10.00. The van der Waals surface area contributed by atoms with Crippen molar-refractivity contribution in [1.29, 1.82) is 0 Å². The molecule has 2 aromatic heterocycles. The van der Waals surface area contributed by atoms with Gasteiger partial charge in [-0.1, -0.05) is 134 Å². The number of fused-ring (bicyclic) bond motifs is 6. The monoisotopic (exact) mass is 652 g/mol. The lowest BCUT2D eigenvalue weighted by Gasteiger charge is -2.11. The van der Waals surface area contributed by atoms with E-state index in [1.54, 1.807) is 0 Å². The van der Waals surface area contributed by atoms with E-state index in [-0.39, 0.29) is 0 Å². The summed E-state index contributed by atoms with van der Waals surface area (Å²) in [5, 5.41) is 4.95. The molecule has 0 spiro atoms. The molecule has 0 aliphatic heterocycles. The molecule has 2 heterocycles. The average Bonchev–Trinajstić information content (AvgIpc) is 3.71. The van der Waals surface area contributed by atoms with E-state index in [2.05, 4.69) is 205 Å². The van der Waals surface area contributed by atoms with Crippen molar-refractivity contribution in [3.63, 3.8) is 0 Å². The molecule has 9 rings (SSSR count). The number of hydrogen-bond acceptors (Lipinski definition) is 0. The van der Waals surface area contributed by atoms with Crippen molar-refractivity contribution in [3.05, 3.63) is 195 Å². The highest BCUT2D eigenvalue weighted by Gasteiger charge is 2.19. The Labute approximate surface area is 298 Å².